The van der Waals surface area contributed by atoms with Gasteiger partial charge in [-0.1, -0.05) is 26.7 Å². The van der Waals surface area contributed by atoms with Gasteiger partial charge in [0, 0.05) is 50.2 Å². The molecule has 0 radical (unpaired) electrons. The Morgan fingerprint density at radius 3 is 2.40 bits per heavy atom. The molecule has 0 unspecified atom stereocenters. The summed E-state index contributed by atoms with van der Waals surface area (Å²) in [4.78, 5) is 42.2. The molecule has 9 heteroatoms. The maximum Gasteiger partial charge on any atom is 0.424 e. The van der Waals surface area contributed by atoms with Crippen LogP contribution in [0, 0.1) is 6.92 Å². The number of amides is 2. The highest BCUT2D eigenvalue weighted by Gasteiger charge is 2.30. The molecule has 0 spiro atoms. The third-order valence-electron chi connectivity index (χ3n) is 6.94. The van der Waals surface area contributed by atoms with Crippen molar-refractivity contribution in [3.05, 3.63) is 46.1 Å². The van der Waals surface area contributed by atoms with Gasteiger partial charge in [0.2, 0.25) is 0 Å². The van der Waals surface area contributed by atoms with Gasteiger partial charge in [-0.05, 0) is 55.5 Å². The standard InChI is InChI=1S/C26H33N3O5S/c1-5-7-10-28(11-8-6-2)24(30)20-15-23(27(4)17(20)3)21-13-18-9-12-29-16-19(18)14-22(21)25(31)33-35-34-26(29)32/h13-15H,5-12,16H2,1-4H3. The highest BCUT2D eigenvalue weighted by Crippen LogP contribution is 2.35. The summed E-state index contributed by atoms with van der Waals surface area (Å²) in [7, 11) is 1.92. The number of fused-ring (bicyclic) bond motifs is 2. The van der Waals surface area contributed by atoms with E-state index in [-0.39, 0.29) is 5.91 Å². The number of nitrogens with zero attached hydrogens (tertiary/aromatic N) is 3. The summed E-state index contributed by atoms with van der Waals surface area (Å²) in [5, 5.41) is 0. The van der Waals surface area contributed by atoms with Crippen molar-refractivity contribution >= 4 is 30.3 Å². The molecule has 0 saturated heterocycles. The van der Waals surface area contributed by atoms with Crippen molar-refractivity contribution in [2.24, 2.45) is 7.05 Å². The van der Waals surface area contributed by atoms with E-state index in [1.807, 2.05) is 41.6 Å². The van der Waals surface area contributed by atoms with Crippen LogP contribution in [0.15, 0.2) is 18.2 Å². The van der Waals surface area contributed by atoms with E-state index in [1.165, 1.54) is 0 Å². The first kappa shape index (κ1) is 25.2. The summed E-state index contributed by atoms with van der Waals surface area (Å²) in [6.07, 6.45) is 4.13. The average molecular weight is 500 g/mol. The third-order valence-corrected chi connectivity index (χ3v) is 7.37. The van der Waals surface area contributed by atoms with Gasteiger partial charge in [-0.3, -0.25) is 4.79 Å². The molecule has 188 valence electrons. The molecule has 2 aromatic rings. The lowest BCUT2D eigenvalue weighted by molar-refractivity contribution is 0.0740. The molecule has 3 heterocycles. The predicted molar refractivity (Wildman–Crippen MR) is 135 cm³/mol. The maximum atomic E-state index is 13.6. The number of carbonyl (C=O) groups excluding carboxylic acids is 3. The van der Waals surface area contributed by atoms with Crippen LogP contribution >= 0.6 is 12.3 Å². The van der Waals surface area contributed by atoms with E-state index in [1.54, 1.807) is 4.90 Å². The van der Waals surface area contributed by atoms with Gasteiger partial charge in [-0.25, -0.2) is 9.59 Å². The Labute approximate surface area is 211 Å². The van der Waals surface area contributed by atoms with Gasteiger partial charge in [-0.15, -0.1) is 0 Å². The van der Waals surface area contributed by atoms with Gasteiger partial charge < -0.3 is 22.7 Å². The largest absolute Gasteiger partial charge is 0.424 e. The number of rotatable bonds is 8. The lowest BCUT2D eigenvalue weighted by Gasteiger charge is -2.29. The van der Waals surface area contributed by atoms with Gasteiger partial charge in [0.1, 0.15) is 0 Å². The molecule has 4 rings (SSSR count). The Kier molecular flexibility index (Phi) is 7.74. The summed E-state index contributed by atoms with van der Waals surface area (Å²) >= 11 is 0.390. The number of aromatic nitrogens is 1. The molecule has 2 amide bonds. The molecule has 2 aliphatic rings. The molecule has 0 saturated carbocycles. The molecule has 0 atom stereocenters. The van der Waals surface area contributed by atoms with Crippen molar-refractivity contribution in [2.45, 2.75) is 59.4 Å². The number of benzene rings is 1. The third kappa shape index (κ3) is 5.05. The van der Waals surface area contributed by atoms with E-state index in [2.05, 4.69) is 13.8 Å². The summed E-state index contributed by atoms with van der Waals surface area (Å²) < 4.78 is 12.2. The highest BCUT2D eigenvalue weighted by molar-refractivity contribution is 7.90. The Morgan fingerprint density at radius 2 is 1.71 bits per heavy atom. The van der Waals surface area contributed by atoms with E-state index in [9.17, 15) is 14.4 Å². The van der Waals surface area contributed by atoms with Crippen LogP contribution in [0.25, 0.3) is 11.3 Å². The molecule has 0 N–H and O–H groups in total. The van der Waals surface area contributed by atoms with Gasteiger partial charge >= 0.3 is 12.1 Å². The fourth-order valence-electron chi connectivity index (χ4n) is 4.68. The monoisotopic (exact) mass is 499 g/mol. The number of hydrogen-bond acceptors (Lipinski definition) is 6. The second-order valence-electron chi connectivity index (χ2n) is 9.21. The van der Waals surface area contributed by atoms with Crippen molar-refractivity contribution in [1.29, 1.82) is 0 Å². The highest BCUT2D eigenvalue weighted by atomic mass is 32.2. The smallest absolute Gasteiger partial charge is 0.350 e. The van der Waals surface area contributed by atoms with Crippen LogP contribution < -0.4 is 0 Å². The zero-order valence-corrected chi connectivity index (χ0v) is 21.7. The van der Waals surface area contributed by atoms with Gasteiger partial charge in [0.25, 0.3) is 18.2 Å². The van der Waals surface area contributed by atoms with Crippen LogP contribution in [0.5, 0.6) is 0 Å². The molecular formula is C26H33N3O5S. The number of hydrogen-bond donors (Lipinski definition) is 0. The Morgan fingerprint density at radius 1 is 1.03 bits per heavy atom. The molecule has 3 bridgehead atoms. The average Bonchev–Trinajstić information content (AvgIpc) is 3.15. The first-order valence-electron chi connectivity index (χ1n) is 12.3. The summed E-state index contributed by atoms with van der Waals surface area (Å²) in [6.45, 7) is 8.58. The van der Waals surface area contributed by atoms with Gasteiger partial charge in [-0.2, -0.15) is 0 Å². The normalized spacial score (nSPS) is 15.1. The van der Waals surface area contributed by atoms with E-state index < -0.39 is 12.1 Å². The van der Waals surface area contributed by atoms with Crippen LogP contribution in [0.4, 0.5) is 4.79 Å². The molecule has 1 aromatic heterocycles. The predicted octanol–water partition coefficient (Wildman–Crippen LogP) is 5.27. The SMILES string of the molecule is CCCCN(CCCC)C(=O)c1cc(-c2cc3c4cc2C(=O)OSOC(=O)N(CC3)C4)n(C)c1C. The van der Waals surface area contributed by atoms with Crippen LogP contribution in [0.3, 0.4) is 0 Å². The van der Waals surface area contributed by atoms with Crippen LogP contribution in [-0.4, -0.2) is 52.0 Å². The summed E-state index contributed by atoms with van der Waals surface area (Å²) in [5.74, 6) is -0.556. The first-order valence-corrected chi connectivity index (χ1v) is 13.0. The number of unbranched alkanes of at least 4 members (excludes halogenated alkanes) is 2. The van der Waals surface area contributed by atoms with Crippen molar-refractivity contribution in [1.82, 2.24) is 14.4 Å². The zero-order valence-electron chi connectivity index (χ0n) is 20.9. The summed E-state index contributed by atoms with van der Waals surface area (Å²) in [6, 6.07) is 5.72. The lowest BCUT2D eigenvalue weighted by atomic mass is 9.92. The van der Waals surface area contributed by atoms with Crippen LogP contribution in [-0.2, 0) is 28.4 Å². The number of carbonyl (C=O) groups is 3. The Balaban J connectivity index is 1.76. The van der Waals surface area contributed by atoms with E-state index >= 15 is 0 Å². The zero-order chi connectivity index (χ0) is 25.1. The first-order chi connectivity index (χ1) is 16.8. The van der Waals surface area contributed by atoms with E-state index in [4.69, 9.17) is 8.37 Å². The van der Waals surface area contributed by atoms with Gasteiger partial charge in [0.05, 0.1) is 11.1 Å². The van der Waals surface area contributed by atoms with E-state index in [0.29, 0.717) is 48.5 Å². The molecule has 1 aromatic carbocycles. The Hall–Kier alpha value is -2.94. The van der Waals surface area contributed by atoms with Gasteiger partial charge in [0.15, 0.2) is 0 Å². The topological polar surface area (TPSA) is 81.1 Å². The van der Waals surface area contributed by atoms with Crippen molar-refractivity contribution in [3.63, 3.8) is 0 Å². The van der Waals surface area contributed by atoms with Crippen molar-refractivity contribution in [3.8, 4) is 11.3 Å². The minimum atomic E-state index is -0.584. The quantitative estimate of drug-likeness (QED) is 0.460. The minimum absolute atomic E-state index is 0.0286. The second kappa shape index (κ2) is 10.8. The molecule has 0 fully saturated rings. The van der Waals surface area contributed by atoms with Crippen molar-refractivity contribution in [2.75, 3.05) is 19.6 Å². The Bertz CT molecular complexity index is 1130. The minimum Gasteiger partial charge on any atom is -0.350 e. The molecular weight excluding hydrogens is 466 g/mol. The van der Waals surface area contributed by atoms with E-state index in [0.717, 1.165) is 61.3 Å². The van der Waals surface area contributed by atoms with Crippen LogP contribution in [0.1, 0.15) is 77.1 Å². The molecule has 0 aliphatic carbocycles. The fourth-order valence-corrected chi connectivity index (χ4v) is 5.03. The molecule has 2 aliphatic heterocycles. The van der Waals surface area contributed by atoms with Crippen LogP contribution in [0.2, 0.25) is 0 Å². The molecule has 35 heavy (non-hydrogen) atoms. The lowest BCUT2D eigenvalue weighted by Crippen LogP contribution is -2.36. The summed E-state index contributed by atoms with van der Waals surface area (Å²) in [5.41, 5.74) is 5.39. The second-order valence-corrected chi connectivity index (χ2v) is 9.68. The fraction of sp³-hybridized carbons (Fsp3) is 0.500. The maximum absolute atomic E-state index is 13.6. The van der Waals surface area contributed by atoms with Crippen molar-refractivity contribution < 1.29 is 22.7 Å². The molecule has 8 nitrogen and oxygen atoms in total.